The molecule has 0 aromatic carbocycles. The Balaban J connectivity index is 1.91. The summed E-state index contributed by atoms with van der Waals surface area (Å²) in [7, 11) is 1.87. The summed E-state index contributed by atoms with van der Waals surface area (Å²) < 4.78 is 1.92. The van der Waals surface area contributed by atoms with Gasteiger partial charge in [0.15, 0.2) is 11.6 Å². The van der Waals surface area contributed by atoms with Crippen LogP contribution in [0.5, 0.6) is 0 Å². The third-order valence-electron chi connectivity index (χ3n) is 3.14. The molecule has 3 heterocycles. The number of pyridine rings is 1. The average Bonchev–Trinajstić information content (AvgIpc) is 2.92. The normalized spacial score (nSPS) is 13.8. The monoisotopic (exact) mass is 268 g/mol. The number of dihydropyridines is 1. The summed E-state index contributed by atoms with van der Waals surface area (Å²) in [6.45, 7) is 0.808. The standard InChI is InChI=1S/C14H16N6/c1-15-20-13(10-11-2-6-16-7-3-11)18-19-14(20)12-4-8-17-9-5-12/h2-8,15,17H,9-10H2,1H3. The highest BCUT2D eigenvalue weighted by Gasteiger charge is 2.14. The van der Waals surface area contributed by atoms with Crippen LogP contribution in [0.4, 0.5) is 0 Å². The Morgan fingerprint density at radius 3 is 2.85 bits per heavy atom. The Bertz CT molecular complexity index is 641. The third kappa shape index (κ3) is 2.40. The van der Waals surface area contributed by atoms with Crippen LogP contribution in [0.3, 0.4) is 0 Å². The van der Waals surface area contributed by atoms with E-state index in [4.69, 9.17) is 0 Å². The molecular weight excluding hydrogens is 252 g/mol. The van der Waals surface area contributed by atoms with E-state index in [1.54, 1.807) is 12.4 Å². The summed E-state index contributed by atoms with van der Waals surface area (Å²) in [6, 6.07) is 3.97. The Morgan fingerprint density at radius 1 is 1.30 bits per heavy atom. The van der Waals surface area contributed by atoms with Crippen molar-refractivity contribution in [1.82, 2.24) is 25.2 Å². The first kappa shape index (κ1) is 12.4. The minimum atomic E-state index is 0.714. The predicted molar refractivity (Wildman–Crippen MR) is 77.5 cm³/mol. The van der Waals surface area contributed by atoms with Crippen molar-refractivity contribution in [2.24, 2.45) is 0 Å². The molecule has 1 aliphatic heterocycles. The molecular formula is C14H16N6. The smallest absolute Gasteiger partial charge is 0.182 e. The van der Waals surface area contributed by atoms with Gasteiger partial charge in [-0.1, -0.05) is 6.08 Å². The van der Waals surface area contributed by atoms with E-state index in [1.807, 2.05) is 36.1 Å². The Kier molecular flexibility index (Phi) is 3.45. The molecule has 2 N–H and O–H groups in total. The molecule has 6 nitrogen and oxygen atoms in total. The molecule has 2 aromatic heterocycles. The lowest BCUT2D eigenvalue weighted by Crippen LogP contribution is -2.17. The zero-order valence-corrected chi connectivity index (χ0v) is 11.2. The first-order valence-electron chi connectivity index (χ1n) is 6.50. The van der Waals surface area contributed by atoms with E-state index < -0.39 is 0 Å². The molecule has 0 amide bonds. The maximum absolute atomic E-state index is 4.29. The van der Waals surface area contributed by atoms with Crippen LogP contribution >= 0.6 is 0 Å². The van der Waals surface area contributed by atoms with Gasteiger partial charge in [0.25, 0.3) is 0 Å². The van der Waals surface area contributed by atoms with Crippen molar-refractivity contribution in [3.05, 3.63) is 60.1 Å². The van der Waals surface area contributed by atoms with Gasteiger partial charge in [0.05, 0.1) is 0 Å². The number of rotatable bonds is 4. The quantitative estimate of drug-likeness (QED) is 0.863. The van der Waals surface area contributed by atoms with Gasteiger partial charge in [0, 0.05) is 38.0 Å². The van der Waals surface area contributed by atoms with Gasteiger partial charge in [-0.05, 0) is 30.0 Å². The van der Waals surface area contributed by atoms with Crippen LogP contribution in [0.15, 0.2) is 42.9 Å². The van der Waals surface area contributed by atoms with Crippen LogP contribution < -0.4 is 10.7 Å². The lowest BCUT2D eigenvalue weighted by atomic mass is 10.2. The molecule has 0 spiro atoms. The second-order valence-electron chi connectivity index (χ2n) is 4.43. The number of aromatic nitrogens is 4. The molecule has 0 aliphatic carbocycles. The van der Waals surface area contributed by atoms with Gasteiger partial charge in [-0.2, -0.15) is 0 Å². The van der Waals surface area contributed by atoms with Crippen LogP contribution in [-0.4, -0.2) is 33.4 Å². The van der Waals surface area contributed by atoms with Crippen molar-refractivity contribution in [2.75, 3.05) is 19.0 Å². The molecule has 1 aliphatic rings. The van der Waals surface area contributed by atoms with Gasteiger partial charge in [0.1, 0.15) is 0 Å². The number of allylic oxidation sites excluding steroid dienone is 2. The fourth-order valence-electron chi connectivity index (χ4n) is 2.16. The highest BCUT2D eigenvalue weighted by atomic mass is 15.5. The van der Waals surface area contributed by atoms with Crippen molar-refractivity contribution < 1.29 is 0 Å². The van der Waals surface area contributed by atoms with Crippen molar-refractivity contribution in [3.8, 4) is 0 Å². The summed E-state index contributed by atoms with van der Waals surface area (Å²) in [5.41, 5.74) is 5.36. The topological polar surface area (TPSA) is 67.7 Å². The summed E-state index contributed by atoms with van der Waals surface area (Å²) >= 11 is 0. The molecule has 3 rings (SSSR count). The Morgan fingerprint density at radius 2 is 2.15 bits per heavy atom. The molecule has 0 bridgehead atoms. The molecule has 20 heavy (non-hydrogen) atoms. The molecule has 0 saturated heterocycles. The molecule has 102 valence electrons. The van der Waals surface area contributed by atoms with Gasteiger partial charge in [0.2, 0.25) is 0 Å². The summed E-state index contributed by atoms with van der Waals surface area (Å²) in [5.74, 6) is 1.70. The summed E-state index contributed by atoms with van der Waals surface area (Å²) in [5, 5.41) is 11.7. The van der Waals surface area contributed by atoms with Gasteiger partial charge >= 0.3 is 0 Å². The van der Waals surface area contributed by atoms with E-state index in [1.165, 1.54) is 0 Å². The SMILES string of the molecule is CNn1c(Cc2ccncc2)nnc1C1=CCNC=C1. The average molecular weight is 268 g/mol. The predicted octanol–water partition coefficient (Wildman–Crippen LogP) is 0.937. The van der Waals surface area contributed by atoms with E-state index in [0.717, 1.165) is 29.3 Å². The maximum atomic E-state index is 4.29. The van der Waals surface area contributed by atoms with E-state index in [0.29, 0.717) is 6.42 Å². The van der Waals surface area contributed by atoms with Crippen LogP contribution in [0, 0.1) is 0 Å². The van der Waals surface area contributed by atoms with Crippen LogP contribution in [0.25, 0.3) is 5.57 Å². The highest BCUT2D eigenvalue weighted by molar-refractivity contribution is 5.70. The van der Waals surface area contributed by atoms with E-state index in [-0.39, 0.29) is 0 Å². The van der Waals surface area contributed by atoms with Crippen LogP contribution in [0.2, 0.25) is 0 Å². The zero-order chi connectivity index (χ0) is 13.8. The van der Waals surface area contributed by atoms with Crippen molar-refractivity contribution in [1.29, 1.82) is 0 Å². The van der Waals surface area contributed by atoms with Gasteiger partial charge in [-0.3, -0.25) is 4.98 Å². The number of hydrogen-bond donors (Lipinski definition) is 2. The van der Waals surface area contributed by atoms with Crippen molar-refractivity contribution in [2.45, 2.75) is 6.42 Å². The number of hydrogen-bond acceptors (Lipinski definition) is 5. The van der Waals surface area contributed by atoms with Crippen LogP contribution in [0.1, 0.15) is 17.2 Å². The molecule has 0 saturated carbocycles. The molecule has 0 unspecified atom stereocenters. The van der Waals surface area contributed by atoms with E-state index >= 15 is 0 Å². The second kappa shape index (κ2) is 5.56. The molecule has 2 aromatic rings. The largest absolute Gasteiger partial charge is 0.387 e. The maximum Gasteiger partial charge on any atom is 0.182 e. The Hall–Kier alpha value is -2.63. The first-order valence-corrected chi connectivity index (χ1v) is 6.50. The first-order chi connectivity index (χ1) is 9.88. The lowest BCUT2D eigenvalue weighted by molar-refractivity contribution is 0.822. The van der Waals surface area contributed by atoms with Gasteiger partial charge in [-0.25, -0.2) is 4.68 Å². The minimum absolute atomic E-state index is 0.714. The molecule has 0 fully saturated rings. The van der Waals surface area contributed by atoms with Crippen molar-refractivity contribution >= 4 is 5.57 Å². The summed E-state index contributed by atoms with van der Waals surface area (Å²) in [6.07, 6.45) is 10.3. The Labute approximate surface area is 117 Å². The second-order valence-corrected chi connectivity index (χ2v) is 4.43. The van der Waals surface area contributed by atoms with Gasteiger partial charge in [-0.15, -0.1) is 10.2 Å². The lowest BCUT2D eigenvalue weighted by Gasteiger charge is -2.11. The summed E-state index contributed by atoms with van der Waals surface area (Å²) in [4.78, 5) is 4.02. The minimum Gasteiger partial charge on any atom is -0.387 e. The van der Waals surface area contributed by atoms with E-state index in [2.05, 4.69) is 32.0 Å². The fraction of sp³-hybridized carbons (Fsp3) is 0.214. The van der Waals surface area contributed by atoms with Crippen molar-refractivity contribution in [3.63, 3.8) is 0 Å². The molecule has 6 heteroatoms. The third-order valence-corrected chi connectivity index (χ3v) is 3.14. The molecule has 0 radical (unpaired) electrons. The fourth-order valence-corrected chi connectivity index (χ4v) is 2.16. The van der Waals surface area contributed by atoms with Gasteiger partial charge < -0.3 is 10.7 Å². The molecule has 0 atom stereocenters. The highest BCUT2D eigenvalue weighted by Crippen LogP contribution is 2.16. The zero-order valence-electron chi connectivity index (χ0n) is 11.2. The van der Waals surface area contributed by atoms with E-state index in [9.17, 15) is 0 Å². The number of nitrogens with zero attached hydrogens (tertiary/aromatic N) is 4. The van der Waals surface area contributed by atoms with Crippen LogP contribution in [-0.2, 0) is 6.42 Å². The number of nitrogens with one attached hydrogen (secondary N) is 2.